The highest BCUT2D eigenvalue weighted by molar-refractivity contribution is 7.92. The van der Waals surface area contributed by atoms with E-state index in [1.54, 1.807) is 37.4 Å². The van der Waals surface area contributed by atoms with Crippen molar-refractivity contribution in [1.29, 1.82) is 0 Å². The number of methoxy groups -OCH3 is 5. The molecule has 0 radical (unpaired) electrons. The first-order valence-electron chi connectivity index (χ1n) is 16.8. The first-order chi connectivity index (χ1) is 25.1. The first kappa shape index (κ1) is 39.4. The van der Waals surface area contributed by atoms with Crippen LogP contribution in [0, 0.1) is 0 Å². The number of hydrogen-bond donors (Lipinski definition) is 1. The van der Waals surface area contributed by atoms with Gasteiger partial charge in [-0.05, 0) is 53.9 Å². The van der Waals surface area contributed by atoms with Crippen molar-refractivity contribution in [2.24, 2.45) is 0 Å². The number of unbranched alkanes of at least 4 members (excludes halogenated alkanes) is 1. The molecule has 0 aliphatic heterocycles. The fourth-order valence-electron chi connectivity index (χ4n) is 5.64. The summed E-state index contributed by atoms with van der Waals surface area (Å²) in [7, 11) is 2.73. The third kappa shape index (κ3) is 9.66. The van der Waals surface area contributed by atoms with Gasteiger partial charge in [0.25, 0.3) is 10.0 Å². The van der Waals surface area contributed by atoms with Crippen molar-refractivity contribution in [3.05, 3.63) is 102 Å². The lowest BCUT2D eigenvalue weighted by atomic mass is 10.0. The van der Waals surface area contributed by atoms with Gasteiger partial charge in [-0.15, -0.1) is 0 Å². The van der Waals surface area contributed by atoms with Crippen LogP contribution >= 0.6 is 0 Å². The highest BCUT2D eigenvalue weighted by Crippen LogP contribution is 2.38. The normalized spacial score (nSPS) is 11.6. The molecule has 0 aliphatic carbocycles. The van der Waals surface area contributed by atoms with Crippen LogP contribution in [0.2, 0.25) is 0 Å². The minimum Gasteiger partial charge on any atom is -0.497 e. The second-order valence-corrected chi connectivity index (χ2v) is 13.7. The van der Waals surface area contributed by atoms with Gasteiger partial charge in [0.2, 0.25) is 11.8 Å². The lowest BCUT2D eigenvalue weighted by molar-refractivity contribution is -0.140. The Balaban J connectivity index is 1.89. The Morgan fingerprint density at radius 2 is 1.37 bits per heavy atom. The number of anilines is 1. The molecule has 12 nitrogen and oxygen atoms in total. The lowest BCUT2D eigenvalue weighted by Gasteiger charge is -2.34. The van der Waals surface area contributed by atoms with Crippen LogP contribution in [0.1, 0.15) is 30.9 Å². The van der Waals surface area contributed by atoms with Crippen molar-refractivity contribution in [2.75, 3.05) is 52.9 Å². The highest BCUT2D eigenvalue weighted by atomic mass is 32.2. The maximum atomic E-state index is 14.9. The first-order valence-corrected chi connectivity index (χ1v) is 18.2. The number of hydrogen-bond acceptors (Lipinski definition) is 9. The molecule has 0 bridgehead atoms. The maximum absolute atomic E-state index is 14.9. The molecule has 0 aliphatic rings. The quantitative estimate of drug-likeness (QED) is 0.124. The Bertz CT molecular complexity index is 1900. The number of carbonyl (C=O) groups excluding carboxylic acids is 2. The molecule has 1 N–H and O–H groups in total. The van der Waals surface area contributed by atoms with Crippen LogP contribution in [0.5, 0.6) is 28.7 Å². The smallest absolute Gasteiger partial charge is 0.265 e. The van der Waals surface area contributed by atoms with Gasteiger partial charge >= 0.3 is 0 Å². The standard InChI is InChI=1S/C39H47N3O9S/c1-7-8-21-40-39(44)34(23-28-13-10-9-11-14-28)41(26-29-15-12-16-30(22-29)47-2)38(43)27-42(33-24-31(48-3)17-19-35(33)49-4)52(45,46)32-18-20-36(50-5)37(25-32)51-6/h9-20,22,24-25,34H,7-8,21,23,26-27H2,1-6H3,(H,40,44)/t34-/m1/s1. The molecular weight excluding hydrogens is 687 g/mol. The van der Waals surface area contributed by atoms with E-state index in [0.29, 0.717) is 29.4 Å². The fraction of sp³-hybridized carbons (Fsp3) is 0.333. The fourth-order valence-corrected chi connectivity index (χ4v) is 7.07. The Labute approximate surface area is 306 Å². The number of benzene rings is 4. The third-order valence-electron chi connectivity index (χ3n) is 8.46. The summed E-state index contributed by atoms with van der Waals surface area (Å²) in [5.74, 6) is 0.585. The predicted molar refractivity (Wildman–Crippen MR) is 199 cm³/mol. The average Bonchev–Trinajstić information content (AvgIpc) is 3.17. The van der Waals surface area contributed by atoms with Crippen molar-refractivity contribution in [3.8, 4) is 28.7 Å². The largest absolute Gasteiger partial charge is 0.497 e. The summed E-state index contributed by atoms with van der Waals surface area (Å²) in [4.78, 5) is 30.2. The molecule has 278 valence electrons. The van der Waals surface area contributed by atoms with E-state index < -0.39 is 28.5 Å². The topological polar surface area (TPSA) is 133 Å². The number of nitrogens with zero attached hydrogens (tertiary/aromatic N) is 2. The van der Waals surface area contributed by atoms with E-state index in [1.807, 2.05) is 43.3 Å². The van der Waals surface area contributed by atoms with E-state index >= 15 is 0 Å². The molecule has 0 saturated carbocycles. The van der Waals surface area contributed by atoms with Gasteiger partial charge in [0, 0.05) is 31.6 Å². The highest BCUT2D eigenvalue weighted by Gasteiger charge is 2.36. The van der Waals surface area contributed by atoms with Crippen LogP contribution < -0.4 is 33.3 Å². The van der Waals surface area contributed by atoms with E-state index in [0.717, 1.165) is 22.7 Å². The molecule has 52 heavy (non-hydrogen) atoms. The monoisotopic (exact) mass is 733 g/mol. The van der Waals surface area contributed by atoms with Crippen molar-refractivity contribution in [1.82, 2.24) is 10.2 Å². The van der Waals surface area contributed by atoms with Crippen LogP contribution in [0.15, 0.2) is 95.9 Å². The van der Waals surface area contributed by atoms with E-state index in [1.165, 1.54) is 57.6 Å². The molecule has 0 fully saturated rings. The molecule has 4 aromatic carbocycles. The Hall–Kier alpha value is -5.43. The van der Waals surface area contributed by atoms with Crippen molar-refractivity contribution < 1.29 is 41.7 Å². The minimum absolute atomic E-state index is 0.0196. The zero-order valence-electron chi connectivity index (χ0n) is 30.5. The predicted octanol–water partition coefficient (Wildman–Crippen LogP) is 5.48. The summed E-state index contributed by atoms with van der Waals surface area (Å²) in [5.41, 5.74) is 1.56. The van der Waals surface area contributed by atoms with Gasteiger partial charge in [-0.3, -0.25) is 13.9 Å². The Kier molecular flexibility index (Phi) is 14.2. The van der Waals surface area contributed by atoms with Crippen LogP contribution in [-0.4, -0.2) is 79.8 Å². The van der Waals surface area contributed by atoms with E-state index in [2.05, 4.69) is 5.32 Å². The molecule has 2 amide bonds. The van der Waals surface area contributed by atoms with Gasteiger partial charge < -0.3 is 33.9 Å². The molecule has 4 aromatic rings. The molecule has 0 heterocycles. The molecule has 1 atom stereocenters. The van der Waals surface area contributed by atoms with Gasteiger partial charge in [-0.25, -0.2) is 8.42 Å². The number of carbonyl (C=O) groups is 2. The van der Waals surface area contributed by atoms with Crippen LogP contribution in [0.3, 0.4) is 0 Å². The summed E-state index contributed by atoms with van der Waals surface area (Å²) in [6.45, 7) is 1.72. The van der Waals surface area contributed by atoms with Gasteiger partial charge in [0.1, 0.15) is 29.8 Å². The van der Waals surface area contributed by atoms with Crippen LogP contribution in [-0.2, 0) is 32.6 Å². The van der Waals surface area contributed by atoms with Crippen molar-refractivity contribution in [3.63, 3.8) is 0 Å². The Morgan fingerprint density at radius 3 is 2.02 bits per heavy atom. The lowest BCUT2D eigenvalue weighted by Crippen LogP contribution is -2.53. The van der Waals surface area contributed by atoms with Crippen LogP contribution in [0.4, 0.5) is 5.69 Å². The zero-order valence-corrected chi connectivity index (χ0v) is 31.3. The summed E-state index contributed by atoms with van der Waals surface area (Å²) < 4.78 is 57.6. The van der Waals surface area contributed by atoms with Crippen molar-refractivity contribution in [2.45, 2.75) is 43.7 Å². The van der Waals surface area contributed by atoms with Gasteiger partial charge in [0.15, 0.2) is 11.5 Å². The number of sulfonamides is 1. The second kappa shape index (κ2) is 18.7. The van der Waals surface area contributed by atoms with Gasteiger partial charge in [-0.2, -0.15) is 0 Å². The zero-order chi connectivity index (χ0) is 37.7. The number of rotatable bonds is 19. The molecule has 0 unspecified atom stereocenters. The number of nitrogens with one attached hydrogen (secondary N) is 1. The van der Waals surface area contributed by atoms with E-state index in [-0.39, 0.29) is 41.0 Å². The third-order valence-corrected chi connectivity index (χ3v) is 10.2. The van der Waals surface area contributed by atoms with Crippen molar-refractivity contribution >= 4 is 27.5 Å². The second-order valence-electron chi connectivity index (χ2n) is 11.8. The molecular formula is C39H47N3O9S. The molecule has 0 saturated heterocycles. The van der Waals surface area contributed by atoms with Gasteiger partial charge in [-0.1, -0.05) is 55.8 Å². The van der Waals surface area contributed by atoms with Gasteiger partial charge in [0.05, 0.1) is 46.1 Å². The summed E-state index contributed by atoms with van der Waals surface area (Å²) >= 11 is 0. The maximum Gasteiger partial charge on any atom is 0.265 e. The van der Waals surface area contributed by atoms with Crippen LogP contribution in [0.25, 0.3) is 0 Å². The SMILES string of the molecule is CCCCNC(=O)[C@@H](Cc1ccccc1)N(Cc1cccc(OC)c1)C(=O)CN(c1cc(OC)ccc1OC)S(=O)(=O)c1ccc(OC)c(OC)c1. The number of ether oxygens (including phenoxy) is 5. The summed E-state index contributed by atoms with van der Waals surface area (Å²) in [6.07, 6.45) is 1.79. The molecule has 0 spiro atoms. The summed E-state index contributed by atoms with van der Waals surface area (Å²) in [6, 6.07) is 24.4. The van der Waals surface area contributed by atoms with E-state index in [4.69, 9.17) is 23.7 Å². The molecule has 0 aromatic heterocycles. The molecule has 13 heteroatoms. The van der Waals surface area contributed by atoms with E-state index in [9.17, 15) is 18.0 Å². The summed E-state index contributed by atoms with van der Waals surface area (Å²) in [5, 5.41) is 2.99. The molecule has 4 rings (SSSR count). The number of amides is 2. The average molecular weight is 734 g/mol. The Morgan fingerprint density at radius 1 is 0.712 bits per heavy atom. The minimum atomic E-state index is -4.51.